The molecule has 0 aliphatic heterocycles. The highest BCUT2D eigenvalue weighted by Crippen LogP contribution is 2.13. The van der Waals surface area contributed by atoms with Crippen molar-refractivity contribution < 1.29 is 19.0 Å². The molecule has 0 unspecified atom stereocenters. The second-order valence-corrected chi connectivity index (χ2v) is 6.90. The van der Waals surface area contributed by atoms with E-state index in [-0.39, 0.29) is 42.6 Å². The second kappa shape index (κ2) is 9.84. The van der Waals surface area contributed by atoms with Gasteiger partial charge in [-0.2, -0.15) is 0 Å². The van der Waals surface area contributed by atoms with Crippen molar-refractivity contribution in [1.29, 1.82) is 0 Å². The van der Waals surface area contributed by atoms with Crippen molar-refractivity contribution in [2.45, 2.75) is 33.2 Å². The van der Waals surface area contributed by atoms with Crippen LogP contribution in [0.5, 0.6) is 5.75 Å². The summed E-state index contributed by atoms with van der Waals surface area (Å²) >= 11 is 0. The Kier molecular flexibility index (Phi) is 6.98. The number of carbonyl (C=O) groups excluding carboxylic acids is 1. The maximum atomic E-state index is 13.0. The third kappa shape index (κ3) is 5.55. The lowest BCUT2D eigenvalue weighted by atomic mass is 10.1. The predicted molar refractivity (Wildman–Crippen MR) is 110 cm³/mol. The molecule has 0 aliphatic rings. The molecule has 0 saturated carbocycles. The van der Waals surface area contributed by atoms with Gasteiger partial charge in [0.05, 0.1) is 12.8 Å². The summed E-state index contributed by atoms with van der Waals surface area (Å²) in [6, 6.07) is 14.8. The van der Waals surface area contributed by atoms with Gasteiger partial charge >= 0.3 is 0 Å². The number of carbonyl (C=O) groups is 1. The third-order valence-corrected chi connectivity index (χ3v) is 4.71. The number of nitrogens with zero attached hydrogens (tertiary/aromatic N) is 1. The van der Waals surface area contributed by atoms with Gasteiger partial charge in [-0.15, -0.1) is 0 Å². The minimum Gasteiger partial charge on any atom is -0.483 e. The van der Waals surface area contributed by atoms with Crippen molar-refractivity contribution in [3.05, 3.63) is 99.2 Å². The topological polar surface area (TPSA) is 80.6 Å². The van der Waals surface area contributed by atoms with Gasteiger partial charge < -0.3 is 19.7 Å². The average Bonchev–Trinajstić information content (AvgIpc) is 2.74. The summed E-state index contributed by atoms with van der Waals surface area (Å²) in [5.74, 6) is -0.562. The molecule has 6 nitrogen and oxygen atoms in total. The number of rotatable bonds is 8. The lowest BCUT2D eigenvalue weighted by molar-refractivity contribution is -0.121. The first-order valence-electron chi connectivity index (χ1n) is 9.49. The molecule has 0 atom stereocenters. The molecule has 0 fully saturated rings. The molecule has 30 heavy (non-hydrogen) atoms. The molecule has 0 spiro atoms. The zero-order valence-corrected chi connectivity index (χ0v) is 16.6. The summed E-state index contributed by atoms with van der Waals surface area (Å²) in [6.07, 6.45) is 1.43. The van der Waals surface area contributed by atoms with Crippen molar-refractivity contribution in [3.63, 3.8) is 0 Å². The smallest absolute Gasteiger partial charge is 0.240 e. The number of amides is 1. The zero-order valence-electron chi connectivity index (χ0n) is 16.6. The minimum absolute atomic E-state index is 0.0989. The van der Waals surface area contributed by atoms with E-state index in [1.54, 1.807) is 12.1 Å². The number of benzene rings is 2. The summed E-state index contributed by atoms with van der Waals surface area (Å²) < 4.78 is 20.1. The van der Waals surface area contributed by atoms with Crippen molar-refractivity contribution in [1.82, 2.24) is 9.88 Å². The van der Waals surface area contributed by atoms with Crippen LogP contribution >= 0.6 is 0 Å². The summed E-state index contributed by atoms with van der Waals surface area (Å²) in [6.45, 7) is 1.93. The lowest BCUT2D eigenvalue weighted by Crippen LogP contribution is -2.29. The monoisotopic (exact) mass is 410 g/mol. The number of nitrogens with one attached hydrogen (secondary N) is 1. The lowest BCUT2D eigenvalue weighted by Gasteiger charge is -2.15. The van der Waals surface area contributed by atoms with Gasteiger partial charge in [-0.3, -0.25) is 9.59 Å². The van der Waals surface area contributed by atoms with E-state index in [0.29, 0.717) is 5.69 Å². The molecule has 2 N–H and O–H groups in total. The molecule has 0 saturated heterocycles. The molecule has 1 heterocycles. The van der Waals surface area contributed by atoms with Gasteiger partial charge in [0.1, 0.15) is 19.0 Å². The highest BCUT2D eigenvalue weighted by atomic mass is 19.1. The summed E-state index contributed by atoms with van der Waals surface area (Å²) in [7, 11) is 0. The number of aromatic nitrogens is 1. The van der Waals surface area contributed by atoms with E-state index in [1.807, 2.05) is 31.2 Å². The molecule has 2 aromatic carbocycles. The van der Waals surface area contributed by atoms with Crippen LogP contribution in [0.15, 0.2) is 65.6 Å². The largest absolute Gasteiger partial charge is 0.483 e. The van der Waals surface area contributed by atoms with Crippen LogP contribution in [0.25, 0.3) is 0 Å². The first-order valence-corrected chi connectivity index (χ1v) is 9.49. The van der Waals surface area contributed by atoms with Crippen molar-refractivity contribution in [3.8, 4) is 5.75 Å². The molecule has 3 rings (SSSR count). The second-order valence-electron chi connectivity index (χ2n) is 6.90. The number of halogens is 1. The Morgan fingerprint density at radius 3 is 2.60 bits per heavy atom. The van der Waals surface area contributed by atoms with Gasteiger partial charge in [-0.05, 0) is 35.7 Å². The van der Waals surface area contributed by atoms with Crippen LogP contribution in [-0.4, -0.2) is 15.6 Å². The van der Waals surface area contributed by atoms with Gasteiger partial charge in [0.25, 0.3) is 0 Å². The Labute approximate surface area is 173 Å². The Balaban J connectivity index is 1.69. The first-order chi connectivity index (χ1) is 14.5. The van der Waals surface area contributed by atoms with Crippen LogP contribution in [0.1, 0.15) is 22.4 Å². The maximum Gasteiger partial charge on any atom is 0.240 e. The number of hydrogen-bond donors (Lipinski definition) is 2. The predicted octanol–water partition coefficient (Wildman–Crippen LogP) is 2.68. The third-order valence-electron chi connectivity index (χ3n) is 4.71. The van der Waals surface area contributed by atoms with E-state index in [2.05, 4.69) is 5.32 Å². The number of aryl methyl sites for hydroxylation is 1. The van der Waals surface area contributed by atoms with E-state index >= 15 is 0 Å². The Hall–Kier alpha value is -3.45. The average molecular weight is 410 g/mol. The van der Waals surface area contributed by atoms with Crippen LogP contribution in [0, 0.1) is 12.7 Å². The fourth-order valence-corrected chi connectivity index (χ4v) is 2.93. The van der Waals surface area contributed by atoms with Gasteiger partial charge in [0.15, 0.2) is 5.75 Å². The highest BCUT2D eigenvalue weighted by Gasteiger charge is 2.11. The molecule has 0 aliphatic carbocycles. The van der Waals surface area contributed by atoms with Crippen LogP contribution in [0.2, 0.25) is 0 Å². The molecule has 0 bridgehead atoms. The summed E-state index contributed by atoms with van der Waals surface area (Å²) in [4.78, 5) is 24.6. The van der Waals surface area contributed by atoms with Crippen LogP contribution < -0.4 is 15.5 Å². The fourth-order valence-electron chi connectivity index (χ4n) is 2.93. The zero-order chi connectivity index (χ0) is 21.5. The standard InChI is InChI=1S/C23H23FN2O4/c1-16-4-2-3-5-18(16)15-30-22-12-26(20(14-27)10-21(22)28)13-23(29)25-11-17-6-8-19(24)9-7-17/h2-10,12,27H,11,13-15H2,1H3,(H,25,29). The first kappa shape index (κ1) is 21.3. The number of ether oxygens (including phenoxy) is 1. The van der Waals surface area contributed by atoms with E-state index < -0.39 is 6.61 Å². The summed E-state index contributed by atoms with van der Waals surface area (Å²) in [5.41, 5.74) is 2.70. The van der Waals surface area contributed by atoms with Crippen LogP contribution in [-0.2, 0) is 31.1 Å². The number of aliphatic hydroxyl groups is 1. The molecular weight excluding hydrogens is 387 g/mol. The molecule has 1 amide bonds. The minimum atomic E-state index is -0.390. The van der Waals surface area contributed by atoms with E-state index in [1.165, 1.54) is 29.0 Å². The number of pyridine rings is 1. The van der Waals surface area contributed by atoms with Crippen LogP contribution in [0.4, 0.5) is 4.39 Å². The number of aliphatic hydroxyl groups excluding tert-OH is 1. The van der Waals surface area contributed by atoms with Crippen molar-refractivity contribution >= 4 is 5.91 Å². The Morgan fingerprint density at radius 2 is 1.90 bits per heavy atom. The molecule has 7 heteroatoms. The maximum absolute atomic E-state index is 13.0. The molecule has 1 aromatic heterocycles. The van der Waals surface area contributed by atoms with Gasteiger partial charge in [0, 0.05) is 18.3 Å². The molecular formula is C23H23FN2O4. The van der Waals surface area contributed by atoms with E-state index in [4.69, 9.17) is 4.74 Å². The molecule has 156 valence electrons. The van der Waals surface area contributed by atoms with E-state index in [9.17, 15) is 19.1 Å². The van der Waals surface area contributed by atoms with Crippen LogP contribution in [0.3, 0.4) is 0 Å². The quantitative estimate of drug-likeness (QED) is 0.598. The normalized spacial score (nSPS) is 10.6. The summed E-state index contributed by atoms with van der Waals surface area (Å²) in [5, 5.41) is 12.3. The van der Waals surface area contributed by atoms with E-state index in [0.717, 1.165) is 16.7 Å². The molecule has 0 radical (unpaired) electrons. The number of hydrogen-bond acceptors (Lipinski definition) is 4. The molecule has 3 aromatic rings. The SMILES string of the molecule is Cc1ccccc1COc1cn(CC(=O)NCc2ccc(F)cc2)c(CO)cc1=O. The van der Waals surface area contributed by atoms with Crippen molar-refractivity contribution in [2.75, 3.05) is 0 Å². The van der Waals surface area contributed by atoms with Crippen molar-refractivity contribution in [2.24, 2.45) is 0 Å². The fraction of sp³-hybridized carbons (Fsp3) is 0.217. The van der Waals surface area contributed by atoms with Gasteiger partial charge in [0.2, 0.25) is 11.3 Å². The Bertz CT molecular complexity index is 1080. The highest BCUT2D eigenvalue weighted by molar-refractivity contribution is 5.75. The van der Waals surface area contributed by atoms with Gasteiger partial charge in [-0.1, -0.05) is 36.4 Å². The Morgan fingerprint density at radius 1 is 1.17 bits per heavy atom. The van der Waals surface area contributed by atoms with Gasteiger partial charge in [-0.25, -0.2) is 4.39 Å².